The Bertz CT molecular complexity index is 1470. The molecule has 2 aromatic rings. The van der Waals surface area contributed by atoms with E-state index in [0.29, 0.717) is 19.4 Å². The predicted octanol–water partition coefficient (Wildman–Crippen LogP) is -2.12. The first-order valence-electron chi connectivity index (χ1n) is 16.6. The lowest BCUT2D eigenvalue weighted by Gasteiger charge is -2.26. The second kappa shape index (κ2) is 22.2. The summed E-state index contributed by atoms with van der Waals surface area (Å²) in [6.07, 6.45) is 0.822. The molecule has 0 heterocycles. The second-order valence-corrected chi connectivity index (χ2v) is 12.0. The number of nitrogens with two attached hydrogens (primary N) is 5. The highest BCUT2D eigenvalue weighted by Gasteiger charge is 2.32. The van der Waals surface area contributed by atoms with Gasteiger partial charge in [0.05, 0.1) is 12.5 Å². The van der Waals surface area contributed by atoms with Gasteiger partial charge in [-0.15, -0.1) is 0 Å². The molecule has 2 rings (SSSR count). The third-order valence-corrected chi connectivity index (χ3v) is 7.73. The Morgan fingerprint density at radius 3 is 1.59 bits per heavy atom. The molecule has 0 fully saturated rings. The first-order chi connectivity index (χ1) is 24.3. The highest BCUT2D eigenvalue weighted by atomic mass is 16.4. The Morgan fingerprint density at radius 2 is 1.10 bits per heavy atom. The van der Waals surface area contributed by atoms with E-state index in [4.69, 9.17) is 28.7 Å². The number of guanidine groups is 1. The van der Waals surface area contributed by atoms with Gasteiger partial charge in [0.2, 0.25) is 29.5 Å². The number of nitrogens with one attached hydrogen (secondary N) is 4. The van der Waals surface area contributed by atoms with Crippen LogP contribution in [0, 0.1) is 0 Å². The number of carboxylic acid groups (broad SMARTS) is 1. The maximum absolute atomic E-state index is 13.9. The molecule has 2 aromatic carbocycles. The van der Waals surface area contributed by atoms with Crippen molar-refractivity contribution in [2.75, 3.05) is 13.1 Å². The van der Waals surface area contributed by atoms with Gasteiger partial charge in [-0.25, -0.2) is 4.79 Å². The van der Waals surface area contributed by atoms with Crippen LogP contribution in [0.1, 0.15) is 49.7 Å². The molecule has 0 saturated heterocycles. The molecule has 0 spiro atoms. The van der Waals surface area contributed by atoms with E-state index >= 15 is 0 Å². The minimum Gasteiger partial charge on any atom is -0.480 e. The van der Waals surface area contributed by atoms with Crippen LogP contribution in [0.3, 0.4) is 0 Å². The number of aliphatic carboxylic acids is 1. The minimum absolute atomic E-state index is 0.0183. The molecule has 0 saturated carbocycles. The third kappa shape index (κ3) is 16.1. The van der Waals surface area contributed by atoms with E-state index in [9.17, 15) is 33.9 Å². The monoisotopic (exact) mass is 710 g/mol. The van der Waals surface area contributed by atoms with Crippen molar-refractivity contribution < 1.29 is 33.9 Å². The third-order valence-electron chi connectivity index (χ3n) is 7.73. The van der Waals surface area contributed by atoms with Gasteiger partial charge in [0.15, 0.2) is 5.96 Å². The number of hydrogen-bond donors (Lipinski definition) is 10. The second-order valence-electron chi connectivity index (χ2n) is 12.0. The van der Waals surface area contributed by atoms with Gasteiger partial charge in [0.25, 0.3) is 0 Å². The van der Waals surface area contributed by atoms with Crippen LogP contribution in [0.2, 0.25) is 0 Å². The molecular weight excluding hydrogens is 660 g/mol. The number of aliphatic imine (C=N–C) groups is 1. The van der Waals surface area contributed by atoms with Crippen molar-refractivity contribution in [2.24, 2.45) is 33.7 Å². The summed E-state index contributed by atoms with van der Waals surface area (Å²) in [5.41, 5.74) is 29.4. The van der Waals surface area contributed by atoms with Crippen LogP contribution in [-0.4, -0.2) is 89.9 Å². The topological polar surface area (TPSA) is 313 Å². The number of unbranched alkanes of at least 4 members (excludes halogenated alkanes) is 1. The van der Waals surface area contributed by atoms with Gasteiger partial charge in [0.1, 0.15) is 24.2 Å². The Morgan fingerprint density at radius 1 is 0.627 bits per heavy atom. The summed E-state index contributed by atoms with van der Waals surface area (Å²) in [6.45, 7) is 0.420. The first kappa shape index (κ1) is 41.6. The molecule has 17 heteroatoms. The van der Waals surface area contributed by atoms with E-state index in [2.05, 4.69) is 26.3 Å². The number of carbonyl (C=O) groups is 6. The van der Waals surface area contributed by atoms with Crippen molar-refractivity contribution in [3.63, 3.8) is 0 Å². The zero-order valence-electron chi connectivity index (χ0n) is 28.5. The van der Waals surface area contributed by atoms with Crippen molar-refractivity contribution in [1.29, 1.82) is 0 Å². The van der Waals surface area contributed by atoms with Gasteiger partial charge >= 0.3 is 5.97 Å². The van der Waals surface area contributed by atoms with Gasteiger partial charge in [-0.2, -0.15) is 0 Å². The van der Waals surface area contributed by atoms with Crippen molar-refractivity contribution in [3.8, 4) is 0 Å². The molecular formula is C34H50N10O7. The summed E-state index contributed by atoms with van der Waals surface area (Å²) in [7, 11) is 0. The minimum atomic E-state index is -1.63. The van der Waals surface area contributed by atoms with E-state index in [0.717, 1.165) is 11.1 Å². The predicted molar refractivity (Wildman–Crippen MR) is 190 cm³/mol. The average molecular weight is 711 g/mol. The Kier molecular flexibility index (Phi) is 18.1. The molecule has 5 atom stereocenters. The van der Waals surface area contributed by atoms with E-state index in [1.165, 1.54) is 0 Å². The molecule has 0 radical (unpaired) electrons. The molecule has 0 bridgehead atoms. The van der Waals surface area contributed by atoms with Crippen LogP contribution < -0.4 is 49.9 Å². The number of primary amides is 1. The van der Waals surface area contributed by atoms with E-state index in [-0.39, 0.29) is 44.6 Å². The van der Waals surface area contributed by atoms with Crippen LogP contribution in [0.25, 0.3) is 0 Å². The summed E-state index contributed by atoms with van der Waals surface area (Å²) < 4.78 is 0. The summed E-state index contributed by atoms with van der Waals surface area (Å²) in [4.78, 5) is 81.0. The van der Waals surface area contributed by atoms with Gasteiger partial charge in [-0.05, 0) is 56.2 Å². The number of carbonyl (C=O) groups excluding carboxylic acids is 5. The molecule has 15 N–H and O–H groups in total. The highest BCUT2D eigenvalue weighted by molar-refractivity contribution is 5.96. The lowest BCUT2D eigenvalue weighted by Crippen LogP contribution is -2.59. The molecule has 278 valence electrons. The van der Waals surface area contributed by atoms with Gasteiger partial charge < -0.3 is 55.0 Å². The molecule has 0 aliphatic carbocycles. The maximum atomic E-state index is 13.9. The van der Waals surface area contributed by atoms with Crippen LogP contribution >= 0.6 is 0 Å². The fourth-order valence-electron chi connectivity index (χ4n) is 5.05. The fraction of sp³-hybridized carbons (Fsp3) is 0.441. The van der Waals surface area contributed by atoms with E-state index in [1.54, 1.807) is 30.3 Å². The summed E-state index contributed by atoms with van der Waals surface area (Å²) >= 11 is 0. The molecule has 5 amide bonds. The molecule has 51 heavy (non-hydrogen) atoms. The average Bonchev–Trinajstić information content (AvgIpc) is 3.08. The lowest BCUT2D eigenvalue weighted by molar-refractivity contribution is -0.143. The quantitative estimate of drug-likeness (QED) is 0.0338. The number of carboxylic acids is 1. The molecule has 0 aliphatic rings. The normalized spacial score (nSPS) is 13.7. The summed E-state index contributed by atoms with van der Waals surface area (Å²) in [6, 6.07) is 11.8. The Hall–Kier alpha value is -5.55. The standard InChI is InChI=1S/C34H50N10O7/c35-16-8-7-14-24(31(48)44-27(33(50)51)20-28(37)45)41-30(47)25(15-9-17-40-34(38)39)42-32(49)26(19-22-12-5-2-6-13-22)43-29(46)23(36)18-21-10-3-1-4-11-21/h1-6,10-13,23-27H,7-9,14-20,35-36H2,(H2,37,45)(H,41,47)(H,42,49)(H,43,46)(H,44,48)(H,50,51)(H4,38,39,40)/t23-,24-,25-,26-,27-/m0/s1. The zero-order valence-corrected chi connectivity index (χ0v) is 28.5. The van der Waals surface area contributed by atoms with Crippen LogP contribution in [-0.2, 0) is 41.6 Å². The van der Waals surface area contributed by atoms with Gasteiger partial charge in [-0.1, -0.05) is 60.7 Å². The first-order valence-corrected chi connectivity index (χ1v) is 16.6. The lowest BCUT2D eigenvalue weighted by atomic mass is 10.0. The Labute approximate surface area is 296 Å². The van der Waals surface area contributed by atoms with Crippen LogP contribution in [0.15, 0.2) is 65.7 Å². The molecule has 0 unspecified atom stereocenters. The smallest absolute Gasteiger partial charge is 0.326 e. The van der Waals surface area contributed by atoms with Crippen molar-refractivity contribution >= 4 is 41.5 Å². The van der Waals surface area contributed by atoms with Crippen LogP contribution in [0.4, 0.5) is 0 Å². The van der Waals surface area contributed by atoms with Crippen molar-refractivity contribution in [3.05, 3.63) is 71.8 Å². The van der Waals surface area contributed by atoms with Crippen molar-refractivity contribution in [2.45, 2.75) is 81.6 Å². The SMILES string of the molecule is NCCCC[C@H](NC(=O)[C@H](CCCN=C(N)N)NC(=O)[C@H](Cc1ccccc1)NC(=O)[C@@H](N)Cc1ccccc1)C(=O)N[C@@H](CC(N)=O)C(=O)O. The number of nitrogens with zero attached hydrogens (tertiary/aromatic N) is 1. The largest absolute Gasteiger partial charge is 0.480 e. The number of rotatable bonds is 23. The Balaban J connectivity index is 2.33. The summed E-state index contributed by atoms with van der Waals surface area (Å²) in [5.74, 6) is -5.53. The molecule has 0 aliphatic heterocycles. The van der Waals surface area contributed by atoms with Gasteiger partial charge in [-0.3, -0.25) is 29.0 Å². The molecule has 0 aromatic heterocycles. The van der Waals surface area contributed by atoms with E-state index < -0.39 is 72.1 Å². The molecule has 17 nitrogen and oxygen atoms in total. The number of benzene rings is 2. The fourth-order valence-corrected chi connectivity index (χ4v) is 5.05. The zero-order chi connectivity index (χ0) is 37.8. The van der Waals surface area contributed by atoms with Gasteiger partial charge in [0, 0.05) is 13.0 Å². The van der Waals surface area contributed by atoms with Crippen LogP contribution in [0.5, 0.6) is 0 Å². The van der Waals surface area contributed by atoms with E-state index in [1.807, 2.05) is 30.3 Å². The highest BCUT2D eigenvalue weighted by Crippen LogP contribution is 2.09. The number of hydrogen-bond acceptors (Lipinski definition) is 9. The summed E-state index contributed by atoms with van der Waals surface area (Å²) in [5, 5.41) is 19.7. The van der Waals surface area contributed by atoms with Crippen molar-refractivity contribution in [1.82, 2.24) is 21.3 Å². The number of amides is 5. The maximum Gasteiger partial charge on any atom is 0.326 e.